The number of para-hydroxylation sites is 2. The summed E-state index contributed by atoms with van der Waals surface area (Å²) < 4.78 is 6.21. The lowest BCUT2D eigenvalue weighted by Crippen LogP contribution is -2.28. The van der Waals surface area contributed by atoms with Crippen molar-refractivity contribution in [3.63, 3.8) is 0 Å². The normalized spacial score (nSPS) is 13.0. The number of aryl methyl sites for hydroxylation is 1. The average molecular weight is 438 g/mol. The Morgan fingerprint density at radius 2 is 1.84 bits per heavy atom. The highest BCUT2D eigenvalue weighted by Crippen LogP contribution is 2.23. The minimum absolute atomic E-state index is 0.212. The van der Waals surface area contributed by atoms with Gasteiger partial charge in [-0.05, 0) is 49.9 Å². The third-order valence-electron chi connectivity index (χ3n) is 4.83. The van der Waals surface area contributed by atoms with E-state index in [2.05, 4.69) is 15.6 Å². The fraction of sp³-hybridized carbons (Fsp3) is 0.304. The van der Waals surface area contributed by atoms with Gasteiger partial charge in [-0.25, -0.2) is 4.98 Å². The van der Waals surface area contributed by atoms with Crippen LogP contribution in [0, 0.1) is 0 Å². The first kappa shape index (κ1) is 21.0. The van der Waals surface area contributed by atoms with Crippen molar-refractivity contribution in [3.05, 3.63) is 59.1 Å². The van der Waals surface area contributed by atoms with Crippen LogP contribution in [-0.2, 0) is 20.7 Å². The Hall–Kier alpha value is -3.26. The molecular weight excluding hydrogens is 414 g/mol. The van der Waals surface area contributed by atoms with E-state index in [1.165, 1.54) is 0 Å². The van der Waals surface area contributed by atoms with E-state index < -0.39 is 18.5 Å². The molecule has 0 atom stereocenters. The van der Waals surface area contributed by atoms with Crippen LogP contribution in [0.3, 0.4) is 0 Å². The number of anilines is 1. The number of thiazole rings is 1. The summed E-state index contributed by atoms with van der Waals surface area (Å²) in [6, 6.07) is 14.9. The van der Waals surface area contributed by atoms with Gasteiger partial charge >= 0.3 is 5.97 Å². The van der Waals surface area contributed by atoms with Gasteiger partial charge in [0.25, 0.3) is 11.8 Å². The molecule has 4 rings (SSSR count). The number of nitrogens with one attached hydrogen (secondary N) is 2. The quantitative estimate of drug-likeness (QED) is 0.498. The van der Waals surface area contributed by atoms with Crippen molar-refractivity contribution in [2.24, 2.45) is 0 Å². The summed E-state index contributed by atoms with van der Waals surface area (Å²) in [4.78, 5) is 41.0. The summed E-state index contributed by atoms with van der Waals surface area (Å²) in [7, 11) is 0. The molecule has 2 N–H and O–H groups in total. The van der Waals surface area contributed by atoms with Gasteiger partial charge in [0.15, 0.2) is 6.61 Å². The molecule has 2 amide bonds. The number of hydrogen-bond acceptors (Lipinski definition) is 6. The first-order valence-corrected chi connectivity index (χ1v) is 11.1. The van der Waals surface area contributed by atoms with Crippen molar-refractivity contribution < 1.29 is 19.1 Å². The molecule has 0 radical (unpaired) electrons. The summed E-state index contributed by atoms with van der Waals surface area (Å²) in [5.74, 6) is -1.13. The number of esters is 1. The van der Waals surface area contributed by atoms with E-state index in [0.717, 1.165) is 28.1 Å². The maximum Gasteiger partial charge on any atom is 0.306 e. The third-order valence-corrected chi connectivity index (χ3v) is 5.93. The number of rotatable bonds is 9. The lowest BCUT2D eigenvalue weighted by Gasteiger charge is -2.11. The first-order valence-electron chi connectivity index (χ1n) is 10.3. The second kappa shape index (κ2) is 9.70. The van der Waals surface area contributed by atoms with Gasteiger partial charge in [-0.15, -0.1) is 11.3 Å². The smallest absolute Gasteiger partial charge is 0.306 e. The van der Waals surface area contributed by atoms with Crippen LogP contribution in [0.15, 0.2) is 48.5 Å². The predicted octanol–water partition coefficient (Wildman–Crippen LogP) is 3.69. The summed E-state index contributed by atoms with van der Waals surface area (Å²) in [5, 5.41) is 6.53. The van der Waals surface area contributed by atoms with Crippen molar-refractivity contribution >= 4 is 45.0 Å². The predicted molar refractivity (Wildman–Crippen MR) is 119 cm³/mol. The molecule has 1 aliphatic rings. The Morgan fingerprint density at radius 3 is 2.65 bits per heavy atom. The van der Waals surface area contributed by atoms with E-state index in [9.17, 15) is 14.4 Å². The number of aromatic nitrogens is 1. The summed E-state index contributed by atoms with van der Waals surface area (Å²) in [6.45, 7) is -0.390. The van der Waals surface area contributed by atoms with Crippen molar-refractivity contribution in [3.8, 4) is 0 Å². The number of fused-ring (bicyclic) bond motifs is 1. The molecule has 1 fully saturated rings. The van der Waals surface area contributed by atoms with Crippen LogP contribution in [0.25, 0.3) is 10.2 Å². The van der Waals surface area contributed by atoms with Crippen molar-refractivity contribution in [1.82, 2.24) is 10.3 Å². The fourth-order valence-electron chi connectivity index (χ4n) is 3.10. The van der Waals surface area contributed by atoms with E-state index in [0.29, 0.717) is 24.1 Å². The molecule has 1 aromatic heterocycles. The number of nitrogens with zero attached hydrogens (tertiary/aromatic N) is 1. The molecule has 3 aromatic rings. The Balaban J connectivity index is 1.20. The van der Waals surface area contributed by atoms with Gasteiger partial charge < -0.3 is 15.4 Å². The zero-order valence-electron chi connectivity index (χ0n) is 16.9. The molecule has 0 saturated heterocycles. The van der Waals surface area contributed by atoms with E-state index in [1.807, 2.05) is 24.3 Å². The zero-order chi connectivity index (χ0) is 21.6. The topological polar surface area (TPSA) is 97.4 Å². The lowest BCUT2D eigenvalue weighted by molar-refractivity contribution is -0.147. The summed E-state index contributed by atoms with van der Waals surface area (Å²) >= 11 is 1.62. The van der Waals surface area contributed by atoms with Gasteiger partial charge in [-0.3, -0.25) is 14.4 Å². The Morgan fingerprint density at radius 1 is 1.06 bits per heavy atom. The Labute approximate surface area is 183 Å². The van der Waals surface area contributed by atoms with Gasteiger partial charge in [-0.1, -0.05) is 24.3 Å². The molecule has 8 heteroatoms. The van der Waals surface area contributed by atoms with Gasteiger partial charge in [0.05, 0.1) is 26.5 Å². The number of carbonyl (C=O) groups excluding carboxylic acids is 3. The van der Waals surface area contributed by atoms with Crippen LogP contribution in [0.4, 0.5) is 5.69 Å². The molecule has 0 aliphatic heterocycles. The Kier molecular flexibility index (Phi) is 6.57. The molecule has 1 saturated carbocycles. The second-order valence-electron chi connectivity index (χ2n) is 7.43. The number of amides is 2. The van der Waals surface area contributed by atoms with Crippen molar-refractivity contribution in [2.45, 2.75) is 38.1 Å². The standard InChI is InChI=1S/C23H23N3O4S/c27-20(25-17-7-2-1-6-16(17)23(29)24-15-12-13-15)14-30-22(28)11-5-10-21-26-18-8-3-4-9-19(18)31-21/h1-4,6-9,15H,5,10-14H2,(H,24,29)(H,25,27). The number of hydrogen-bond donors (Lipinski definition) is 2. The zero-order valence-corrected chi connectivity index (χ0v) is 17.7. The number of carbonyl (C=O) groups is 3. The van der Waals surface area contributed by atoms with Gasteiger partial charge in [-0.2, -0.15) is 0 Å². The van der Waals surface area contributed by atoms with E-state index >= 15 is 0 Å². The average Bonchev–Trinajstić information content (AvgIpc) is 3.48. The highest BCUT2D eigenvalue weighted by atomic mass is 32.1. The lowest BCUT2D eigenvalue weighted by atomic mass is 10.1. The fourth-order valence-corrected chi connectivity index (χ4v) is 4.11. The van der Waals surface area contributed by atoms with Crippen molar-refractivity contribution in [1.29, 1.82) is 0 Å². The summed E-state index contributed by atoms with van der Waals surface area (Å²) in [6.07, 6.45) is 3.46. The van der Waals surface area contributed by atoms with Crippen LogP contribution in [0.1, 0.15) is 41.0 Å². The molecule has 1 aliphatic carbocycles. The monoisotopic (exact) mass is 437 g/mol. The van der Waals surface area contributed by atoms with Gasteiger partial charge in [0.2, 0.25) is 0 Å². The molecule has 160 valence electrons. The SMILES string of the molecule is O=C(COC(=O)CCCc1nc2ccccc2s1)Nc1ccccc1C(=O)NC1CC1. The van der Waals surface area contributed by atoms with E-state index in [1.54, 1.807) is 35.6 Å². The Bertz CT molecular complexity index is 1070. The third kappa shape index (κ3) is 5.88. The van der Waals surface area contributed by atoms with Crippen molar-refractivity contribution in [2.75, 3.05) is 11.9 Å². The second-order valence-corrected chi connectivity index (χ2v) is 8.55. The molecule has 0 bridgehead atoms. The van der Waals surface area contributed by atoms with Crippen LogP contribution in [0.2, 0.25) is 0 Å². The number of ether oxygens (including phenoxy) is 1. The molecule has 0 spiro atoms. The molecular formula is C23H23N3O4S. The molecule has 31 heavy (non-hydrogen) atoms. The minimum atomic E-state index is -0.480. The summed E-state index contributed by atoms with van der Waals surface area (Å²) in [5.41, 5.74) is 1.76. The first-order chi connectivity index (χ1) is 15.1. The number of benzene rings is 2. The molecule has 7 nitrogen and oxygen atoms in total. The minimum Gasteiger partial charge on any atom is -0.456 e. The molecule has 0 unspecified atom stereocenters. The highest BCUT2D eigenvalue weighted by molar-refractivity contribution is 7.18. The van der Waals surface area contributed by atoms with E-state index in [-0.39, 0.29) is 18.4 Å². The highest BCUT2D eigenvalue weighted by Gasteiger charge is 2.25. The van der Waals surface area contributed by atoms with Gasteiger partial charge in [0, 0.05) is 12.5 Å². The van der Waals surface area contributed by atoms with Crippen LogP contribution >= 0.6 is 11.3 Å². The van der Waals surface area contributed by atoms with Gasteiger partial charge in [0.1, 0.15) is 0 Å². The van der Waals surface area contributed by atoms with Crippen LogP contribution < -0.4 is 10.6 Å². The van der Waals surface area contributed by atoms with Crippen LogP contribution in [0.5, 0.6) is 0 Å². The molecule has 2 aromatic carbocycles. The maximum atomic E-state index is 12.3. The van der Waals surface area contributed by atoms with Crippen LogP contribution in [-0.4, -0.2) is 35.4 Å². The maximum absolute atomic E-state index is 12.3. The largest absolute Gasteiger partial charge is 0.456 e. The molecule has 1 heterocycles. The van der Waals surface area contributed by atoms with E-state index in [4.69, 9.17) is 4.74 Å².